The first kappa shape index (κ1) is 25.9. The van der Waals surface area contributed by atoms with Crippen molar-refractivity contribution in [1.82, 2.24) is 10.5 Å². The van der Waals surface area contributed by atoms with Crippen LogP contribution in [0.15, 0.2) is 34.9 Å². The van der Waals surface area contributed by atoms with Crippen molar-refractivity contribution >= 4 is 29.2 Å². The summed E-state index contributed by atoms with van der Waals surface area (Å²) in [6, 6.07) is 7.70. The van der Waals surface area contributed by atoms with E-state index in [0.717, 1.165) is 51.4 Å². The van der Waals surface area contributed by atoms with Crippen molar-refractivity contribution in [2.45, 2.75) is 95.6 Å². The molecule has 0 radical (unpaired) electrons. The Bertz CT molecular complexity index is 1070. The van der Waals surface area contributed by atoms with Crippen molar-refractivity contribution in [3.05, 3.63) is 41.9 Å². The van der Waals surface area contributed by atoms with E-state index in [2.05, 4.69) is 15.8 Å². The molecule has 1 aromatic carbocycles. The van der Waals surface area contributed by atoms with Crippen LogP contribution in [0.2, 0.25) is 0 Å². The molecule has 0 atom stereocenters. The minimum Gasteiger partial charge on any atom is -0.360 e. The fraction of sp³-hybridized carbons (Fsp3) is 0.556. The molecule has 1 aromatic heterocycles. The van der Waals surface area contributed by atoms with Gasteiger partial charge in [0.15, 0.2) is 5.82 Å². The predicted octanol–water partition coefficient (Wildman–Crippen LogP) is 5.03. The molecule has 3 amide bonds. The van der Waals surface area contributed by atoms with Gasteiger partial charge in [-0.05, 0) is 44.7 Å². The number of nitrogens with one attached hydrogen (secondary N) is 2. The fourth-order valence-electron chi connectivity index (χ4n) is 5.46. The predicted molar refractivity (Wildman–Crippen MR) is 134 cm³/mol. The molecular formula is C27H35FN4O4. The zero-order valence-corrected chi connectivity index (χ0v) is 20.9. The molecule has 1 heterocycles. The Morgan fingerprint density at radius 2 is 1.75 bits per heavy atom. The molecule has 2 saturated carbocycles. The molecule has 2 fully saturated rings. The summed E-state index contributed by atoms with van der Waals surface area (Å²) >= 11 is 0. The van der Waals surface area contributed by atoms with E-state index in [-0.39, 0.29) is 36.3 Å². The van der Waals surface area contributed by atoms with Crippen LogP contribution in [0.3, 0.4) is 0 Å². The van der Waals surface area contributed by atoms with Crippen molar-refractivity contribution in [1.29, 1.82) is 0 Å². The summed E-state index contributed by atoms with van der Waals surface area (Å²) in [7, 11) is 0. The molecule has 8 nitrogen and oxygen atoms in total. The van der Waals surface area contributed by atoms with E-state index in [1.807, 2.05) is 0 Å². The average Bonchev–Trinajstić information content (AvgIpc) is 3.29. The van der Waals surface area contributed by atoms with Crippen molar-refractivity contribution in [3.8, 4) is 0 Å². The Morgan fingerprint density at radius 1 is 1.06 bits per heavy atom. The third-order valence-electron chi connectivity index (χ3n) is 7.28. The van der Waals surface area contributed by atoms with Gasteiger partial charge in [0, 0.05) is 24.9 Å². The van der Waals surface area contributed by atoms with Gasteiger partial charge in [-0.25, -0.2) is 4.39 Å². The Hall–Kier alpha value is -3.23. The first-order valence-corrected chi connectivity index (χ1v) is 13.0. The maximum absolute atomic E-state index is 15.1. The van der Waals surface area contributed by atoms with Gasteiger partial charge < -0.3 is 15.2 Å². The number of carbonyl (C=O) groups excluding carboxylic acids is 3. The monoisotopic (exact) mass is 498 g/mol. The van der Waals surface area contributed by atoms with Gasteiger partial charge in [0.1, 0.15) is 17.1 Å². The maximum Gasteiger partial charge on any atom is 0.246 e. The number of rotatable bonds is 8. The number of nitrogens with zero attached hydrogens (tertiary/aromatic N) is 2. The lowest BCUT2D eigenvalue weighted by atomic mass is 9.78. The van der Waals surface area contributed by atoms with Gasteiger partial charge in [-0.15, -0.1) is 0 Å². The first-order valence-electron chi connectivity index (χ1n) is 13.0. The highest BCUT2D eigenvalue weighted by Crippen LogP contribution is 2.39. The van der Waals surface area contributed by atoms with Gasteiger partial charge in [-0.1, -0.05) is 55.8 Å². The van der Waals surface area contributed by atoms with Gasteiger partial charge in [0.25, 0.3) is 0 Å². The lowest BCUT2D eigenvalue weighted by Gasteiger charge is -2.46. The summed E-state index contributed by atoms with van der Waals surface area (Å²) in [6.45, 7) is 1.71. The zero-order chi connectivity index (χ0) is 25.5. The molecule has 0 bridgehead atoms. The summed E-state index contributed by atoms with van der Waals surface area (Å²) in [5, 5.41) is 9.54. The number of amides is 3. The summed E-state index contributed by atoms with van der Waals surface area (Å²) in [6.07, 6.45) is 8.21. The van der Waals surface area contributed by atoms with Crippen molar-refractivity contribution in [2.24, 2.45) is 0 Å². The van der Waals surface area contributed by atoms with Crippen molar-refractivity contribution < 1.29 is 23.3 Å². The number of para-hydroxylation sites is 1. The van der Waals surface area contributed by atoms with Crippen LogP contribution in [0.5, 0.6) is 0 Å². The fourth-order valence-corrected chi connectivity index (χ4v) is 5.46. The Kier molecular flexibility index (Phi) is 8.38. The molecule has 2 aliphatic rings. The van der Waals surface area contributed by atoms with Gasteiger partial charge in [-0.2, -0.15) is 0 Å². The maximum atomic E-state index is 15.1. The Labute approximate surface area is 211 Å². The molecule has 9 heteroatoms. The smallest absolute Gasteiger partial charge is 0.246 e. The molecule has 194 valence electrons. The second kappa shape index (κ2) is 11.7. The van der Waals surface area contributed by atoms with Crippen LogP contribution in [-0.4, -0.2) is 34.5 Å². The third-order valence-corrected chi connectivity index (χ3v) is 7.28. The largest absolute Gasteiger partial charge is 0.360 e. The molecule has 0 saturated heterocycles. The molecule has 0 spiro atoms. The van der Waals surface area contributed by atoms with E-state index in [0.29, 0.717) is 18.6 Å². The minimum atomic E-state index is -1.19. The normalized spacial score (nSPS) is 17.8. The van der Waals surface area contributed by atoms with E-state index in [1.165, 1.54) is 17.0 Å². The number of aromatic nitrogens is 1. The van der Waals surface area contributed by atoms with Crippen LogP contribution in [0.4, 0.5) is 15.9 Å². The van der Waals surface area contributed by atoms with E-state index in [4.69, 9.17) is 4.52 Å². The summed E-state index contributed by atoms with van der Waals surface area (Å²) in [5.74, 6) is -0.819. The molecular weight excluding hydrogens is 463 g/mol. The Balaban J connectivity index is 1.58. The molecule has 2 N–H and O–H groups in total. The second-order valence-corrected chi connectivity index (χ2v) is 9.95. The van der Waals surface area contributed by atoms with Crippen molar-refractivity contribution in [2.75, 3.05) is 10.2 Å². The summed E-state index contributed by atoms with van der Waals surface area (Å²) < 4.78 is 20.1. The summed E-state index contributed by atoms with van der Waals surface area (Å²) in [5.41, 5.74) is -1.11. The number of hydrogen-bond acceptors (Lipinski definition) is 5. The molecule has 36 heavy (non-hydrogen) atoms. The van der Waals surface area contributed by atoms with Crippen LogP contribution in [0.1, 0.15) is 82.8 Å². The van der Waals surface area contributed by atoms with Crippen LogP contribution in [0, 0.1) is 12.7 Å². The molecule has 2 aromatic rings. The number of anilines is 2. The van der Waals surface area contributed by atoms with E-state index >= 15 is 4.39 Å². The van der Waals surface area contributed by atoms with Gasteiger partial charge >= 0.3 is 0 Å². The SMILES string of the molecule is Cc1cc(NC(=O)CCC(=O)N(c2ccccc2F)C2(C(=O)NC3CCCCC3)CCCCC2)no1. The number of hydrogen-bond donors (Lipinski definition) is 2. The third kappa shape index (κ3) is 5.94. The van der Waals surface area contributed by atoms with Crippen LogP contribution in [0.25, 0.3) is 0 Å². The Morgan fingerprint density at radius 3 is 2.42 bits per heavy atom. The van der Waals surface area contributed by atoms with E-state index in [9.17, 15) is 14.4 Å². The minimum absolute atomic E-state index is 0.0688. The second-order valence-electron chi connectivity index (χ2n) is 9.95. The van der Waals surface area contributed by atoms with Crippen LogP contribution < -0.4 is 15.5 Å². The van der Waals surface area contributed by atoms with Gasteiger partial charge in [-0.3, -0.25) is 19.3 Å². The topological polar surface area (TPSA) is 105 Å². The quantitative estimate of drug-likeness (QED) is 0.531. The van der Waals surface area contributed by atoms with Crippen molar-refractivity contribution in [3.63, 3.8) is 0 Å². The average molecular weight is 499 g/mol. The highest BCUT2D eigenvalue weighted by Gasteiger charge is 2.48. The van der Waals surface area contributed by atoms with Crippen LogP contribution >= 0.6 is 0 Å². The molecule has 0 unspecified atom stereocenters. The molecule has 0 aliphatic heterocycles. The molecule has 4 rings (SSSR count). The van der Waals surface area contributed by atoms with Crippen LogP contribution in [-0.2, 0) is 14.4 Å². The number of benzene rings is 1. The number of carbonyl (C=O) groups is 3. The van der Waals surface area contributed by atoms with E-state index in [1.54, 1.807) is 25.1 Å². The number of halogens is 1. The standard InChI is InChI=1S/C27H35FN4O4/c1-19-18-23(31-36-19)30-24(33)14-15-25(34)32(22-13-7-6-12-21(22)28)27(16-8-3-9-17-27)26(35)29-20-10-4-2-5-11-20/h6-7,12-13,18,20H,2-5,8-11,14-17H2,1H3,(H,29,35)(H,30,31,33). The summed E-state index contributed by atoms with van der Waals surface area (Å²) in [4.78, 5) is 41.4. The van der Waals surface area contributed by atoms with Gasteiger partial charge in [0.05, 0.1) is 5.69 Å². The van der Waals surface area contributed by atoms with Gasteiger partial charge in [0.2, 0.25) is 17.7 Å². The lowest BCUT2D eigenvalue weighted by Crippen LogP contribution is -2.63. The number of aryl methyl sites for hydroxylation is 1. The first-order chi connectivity index (χ1) is 17.4. The highest BCUT2D eigenvalue weighted by molar-refractivity contribution is 6.05. The lowest BCUT2D eigenvalue weighted by molar-refractivity contribution is -0.133. The molecule has 2 aliphatic carbocycles. The van der Waals surface area contributed by atoms with E-state index < -0.39 is 23.2 Å². The highest BCUT2D eigenvalue weighted by atomic mass is 19.1. The zero-order valence-electron chi connectivity index (χ0n) is 20.9.